The van der Waals surface area contributed by atoms with Gasteiger partial charge in [0.15, 0.2) is 0 Å². The molecule has 0 saturated carbocycles. The molecule has 2 fully saturated rings. The van der Waals surface area contributed by atoms with Gasteiger partial charge in [0.25, 0.3) is 15.8 Å². The molecule has 0 spiro atoms. The van der Waals surface area contributed by atoms with E-state index < -0.39 is 10.2 Å². The second kappa shape index (κ2) is 8.43. The number of hydrogen-bond donors (Lipinski definition) is 1. The molecule has 4 heterocycles. The van der Waals surface area contributed by atoms with Crippen molar-refractivity contribution in [1.82, 2.24) is 23.5 Å². The summed E-state index contributed by atoms with van der Waals surface area (Å²) < 4.78 is 32.8. The quantitative estimate of drug-likeness (QED) is 0.745. The predicted octanol–water partition coefficient (Wildman–Crippen LogP) is 0.293. The minimum atomic E-state index is -3.54. The molecule has 0 amide bonds. The van der Waals surface area contributed by atoms with Gasteiger partial charge in [0.2, 0.25) is 0 Å². The minimum Gasteiger partial charge on any atom is -0.381 e. The van der Waals surface area contributed by atoms with Gasteiger partial charge in [-0.3, -0.25) is 9.69 Å². The number of rotatable bonds is 4. The Balaban J connectivity index is 1.52. The van der Waals surface area contributed by atoms with Crippen LogP contribution in [0.5, 0.6) is 0 Å². The van der Waals surface area contributed by atoms with Gasteiger partial charge < -0.3 is 9.72 Å². The number of nitrogens with one attached hydrogen (secondary N) is 1. The molecule has 0 radical (unpaired) electrons. The summed E-state index contributed by atoms with van der Waals surface area (Å²) in [5.74, 6) is 0.975. The number of fused-ring (bicyclic) bond motifs is 1. The lowest BCUT2D eigenvalue weighted by Crippen LogP contribution is -2.46. The van der Waals surface area contributed by atoms with Gasteiger partial charge in [0, 0.05) is 65.3 Å². The molecule has 1 aromatic heterocycles. The van der Waals surface area contributed by atoms with Crippen LogP contribution in [0.25, 0.3) is 0 Å². The average Bonchev–Trinajstić information content (AvgIpc) is 2.74. The van der Waals surface area contributed by atoms with E-state index in [1.807, 2.05) is 0 Å². The molecule has 0 aliphatic carbocycles. The van der Waals surface area contributed by atoms with Gasteiger partial charge in [-0.25, -0.2) is 4.98 Å². The summed E-state index contributed by atoms with van der Waals surface area (Å²) in [6.07, 6.45) is 4.71. The number of aromatic nitrogens is 2. The Morgan fingerprint density at radius 2 is 1.93 bits per heavy atom. The van der Waals surface area contributed by atoms with E-state index in [1.165, 1.54) is 22.7 Å². The fourth-order valence-corrected chi connectivity index (χ4v) is 5.73. The molecule has 1 atom stereocenters. The van der Waals surface area contributed by atoms with E-state index in [1.54, 1.807) is 0 Å². The highest BCUT2D eigenvalue weighted by atomic mass is 32.2. The number of aromatic amines is 1. The highest BCUT2D eigenvalue weighted by Gasteiger charge is 2.33. The van der Waals surface area contributed by atoms with Crippen LogP contribution in [-0.2, 0) is 27.9 Å². The van der Waals surface area contributed by atoms with Crippen LogP contribution < -0.4 is 5.56 Å². The zero-order valence-electron chi connectivity index (χ0n) is 17.3. The lowest BCUT2D eigenvalue weighted by Gasteiger charge is -2.39. The molecule has 29 heavy (non-hydrogen) atoms. The minimum absolute atomic E-state index is 0.0807. The summed E-state index contributed by atoms with van der Waals surface area (Å²) in [6, 6.07) is 0.556. The molecule has 162 valence electrons. The molecule has 10 heteroatoms. The third-order valence-corrected chi connectivity index (χ3v) is 8.27. The van der Waals surface area contributed by atoms with Crippen LogP contribution in [-0.4, -0.2) is 84.9 Å². The molecule has 3 aliphatic heterocycles. The fraction of sp³-hybridized carbons (Fsp3) is 0.789. The molecular formula is C19H31N5O4S. The van der Waals surface area contributed by atoms with Crippen molar-refractivity contribution in [3.05, 3.63) is 27.4 Å². The Kier molecular flexibility index (Phi) is 6.08. The maximum atomic E-state index is 12.8. The molecule has 4 rings (SSSR count). The van der Waals surface area contributed by atoms with Crippen molar-refractivity contribution >= 4 is 10.2 Å². The van der Waals surface area contributed by atoms with Crippen LogP contribution in [0.2, 0.25) is 0 Å². The second-order valence-corrected chi connectivity index (χ2v) is 10.6. The maximum Gasteiger partial charge on any atom is 0.281 e. The number of nitrogens with zero attached hydrogens (tertiary/aromatic N) is 4. The third kappa shape index (κ3) is 4.27. The van der Waals surface area contributed by atoms with E-state index >= 15 is 0 Å². The van der Waals surface area contributed by atoms with Crippen molar-refractivity contribution in [2.75, 3.05) is 46.9 Å². The van der Waals surface area contributed by atoms with Gasteiger partial charge in [-0.05, 0) is 32.2 Å². The first-order valence-corrected chi connectivity index (χ1v) is 11.9. The Morgan fingerprint density at radius 1 is 1.17 bits per heavy atom. The highest BCUT2D eigenvalue weighted by molar-refractivity contribution is 7.86. The number of H-pyrrole nitrogens is 1. The van der Waals surface area contributed by atoms with E-state index in [2.05, 4.69) is 9.88 Å². The first-order chi connectivity index (χ1) is 13.9. The van der Waals surface area contributed by atoms with Crippen molar-refractivity contribution < 1.29 is 13.2 Å². The normalized spacial score (nSPS) is 25.3. The van der Waals surface area contributed by atoms with Crippen molar-refractivity contribution in [3.63, 3.8) is 0 Å². The van der Waals surface area contributed by atoms with E-state index in [-0.39, 0.29) is 18.0 Å². The molecular weight excluding hydrogens is 394 g/mol. The molecule has 3 aliphatic rings. The Labute approximate surface area is 172 Å². The Bertz CT molecular complexity index is 894. The van der Waals surface area contributed by atoms with Crippen LogP contribution in [0.4, 0.5) is 0 Å². The monoisotopic (exact) mass is 425 g/mol. The topological polar surface area (TPSA) is 98.8 Å². The van der Waals surface area contributed by atoms with Crippen LogP contribution in [0.15, 0.2) is 4.79 Å². The van der Waals surface area contributed by atoms with Gasteiger partial charge in [-0.2, -0.15) is 17.0 Å². The van der Waals surface area contributed by atoms with E-state index in [4.69, 9.17) is 9.72 Å². The fourth-order valence-electron chi connectivity index (χ4n) is 4.65. The standard InChI is InChI=1S/C19H31N5O4S/c1-22(2)29(26,27)24-9-5-17-16(13-24)19(25)21-18(20-17)14-4-3-8-23(12-14)15-6-10-28-11-7-15/h14-15H,3-13H2,1-2H3,(H,20,21,25)/t14-/m1/s1. The summed E-state index contributed by atoms with van der Waals surface area (Å²) in [5, 5.41) is 0. The number of likely N-dealkylation sites (tertiary alicyclic amines) is 1. The van der Waals surface area contributed by atoms with Crippen molar-refractivity contribution in [3.8, 4) is 0 Å². The average molecular weight is 426 g/mol. The van der Waals surface area contributed by atoms with Crippen LogP contribution in [0, 0.1) is 0 Å². The number of ether oxygens (including phenoxy) is 1. The molecule has 1 N–H and O–H groups in total. The summed E-state index contributed by atoms with van der Waals surface area (Å²) in [4.78, 5) is 23.1. The molecule has 0 unspecified atom stereocenters. The van der Waals surface area contributed by atoms with Crippen LogP contribution in [0.3, 0.4) is 0 Å². The Morgan fingerprint density at radius 3 is 2.66 bits per heavy atom. The molecule has 0 bridgehead atoms. The first kappa shape index (κ1) is 20.9. The molecule has 2 saturated heterocycles. The maximum absolute atomic E-state index is 12.8. The van der Waals surface area contributed by atoms with Gasteiger partial charge >= 0.3 is 0 Å². The SMILES string of the molecule is CN(C)S(=O)(=O)N1CCc2nc([C@@H]3CCCN(C4CCOCC4)C3)[nH]c(=O)c2C1. The van der Waals surface area contributed by atoms with Crippen molar-refractivity contribution in [2.24, 2.45) is 0 Å². The van der Waals surface area contributed by atoms with Gasteiger partial charge in [-0.1, -0.05) is 0 Å². The Hall–Kier alpha value is -1.33. The van der Waals surface area contributed by atoms with Crippen molar-refractivity contribution in [1.29, 1.82) is 0 Å². The first-order valence-electron chi connectivity index (χ1n) is 10.5. The van der Waals surface area contributed by atoms with Gasteiger partial charge in [-0.15, -0.1) is 0 Å². The molecule has 1 aromatic rings. The van der Waals surface area contributed by atoms with Crippen LogP contribution >= 0.6 is 0 Å². The zero-order valence-corrected chi connectivity index (χ0v) is 18.1. The summed E-state index contributed by atoms with van der Waals surface area (Å²) in [6.45, 7) is 4.08. The van der Waals surface area contributed by atoms with E-state index in [9.17, 15) is 13.2 Å². The summed E-state index contributed by atoms with van der Waals surface area (Å²) in [7, 11) is -0.533. The second-order valence-electron chi connectivity index (χ2n) is 8.43. The van der Waals surface area contributed by atoms with Crippen molar-refractivity contribution in [2.45, 2.75) is 50.6 Å². The predicted molar refractivity (Wildman–Crippen MR) is 109 cm³/mol. The lowest BCUT2D eigenvalue weighted by molar-refractivity contribution is 0.0235. The number of piperidine rings is 1. The lowest BCUT2D eigenvalue weighted by atomic mass is 9.93. The third-order valence-electron chi connectivity index (χ3n) is 6.39. The summed E-state index contributed by atoms with van der Waals surface area (Å²) >= 11 is 0. The van der Waals surface area contributed by atoms with Gasteiger partial charge in [0.05, 0.1) is 11.3 Å². The highest BCUT2D eigenvalue weighted by Crippen LogP contribution is 2.29. The molecule has 0 aromatic carbocycles. The molecule has 9 nitrogen and oxygen atoms in total. The largest absolute Gasteiger partial charge is 0.381 e. The smallest absolute Gasteiger partial charge is 0.281 e. The van der Waals surface area contributed by atoms with E-state index in [0.717, 1.165) is 63.5 Å². The van der Waals surface area contributed by atoms with Crippen LogP contribution in [0.1, 0.15) is 48.7 Å². The zero-order chi connectivity index (χ0) is 20.6. The summed E-state index contributed by atoms with van der Waals surface area (Å²) in [5.41, 5.74) is 1.02. The number of hydrogen-bond acceptors (Lipinski definition) is 6. The van der Waals surface area contributed by atoms with E-state index in [0.29, 0.717) is 24.6 Å². The van der Waals surface area contributed by atoms with Gasteiger partial charge in [0.1, 0.15) is 5.82 Å².